The van der Waals surface area contributed by atoms with Crippen molar-refractivity contribution in [2.24, 2.45) is 0 Å². The van der Waals surface area contributed by atoms with Crippen LogP contribution in [0.4, 0.5) is 0 Å². The monoisotopic (exact) mass is 466 g/mol. The molecule has 2 saturated heterocycles. The van der Waals surface area contributed by atoms with Crippen molar-refractivity contribution in [3.63, 3.8) is 0 Å². The molecule has 8 heteroatoms. The Labute approximate surface area is 195 Å². The highest BCUT2D eigenvalue weighted by Crippen LogP contribution is 2.23. The zero-order valence-corrected chi connectivity index (χ0v) is 19.9. The molecule has 0 saturated carbocycles. The summed E-state index contributed by atoms with van der Waals surface area (Å²) in [5.41, 5.74) is 0.813. The first-order valence-corrected chi connectivity index (χ1v) is 11.7. The second-order valence-corrected chi connectivity index (χ2v) is 9.34. The minimum Gasteiger partial charge on any atom is -0.340 e. The number of carbonyl (C=O) groups excluding carboxylic acids is 2. The van der Waals surface area contributed by atoms with Crippen molar-refractivity contribution >= 4 is 41.1 Å². The predicted molar refractivity (Wildman–Crippen MR) is 126 cm³/mol. The van der Waals surface area contributed by atoms with Gasteiger partial charge in [0.05, 0.1) is 10.0 Å². The van der Waals surface area contributed by atoms with Gasteiger partial charge in [-0.15, -0.1) is 0 Å². The van der Waals surface area contributed by atoms with Gasteiger partial charge in [0.15, 0.2) is 0 Å². The Bertz CT molecular complexity index is 815. The SMILES string of the molecule is CN(C)C1CCCN(CCN2CCN(C(=O)/C=C/c3ccc(Cl)c(Cl)c3)CCC2=O)C1. The smallest absolute Gasteiger partial charge is 0.246 e. The lowest BCUT2D eigenvalue weighted by atomic mass is 10.1. The second-order valence-electron chi connectivity index (χ2n) is 8.52. The minimum atomic E-state index is -0.0921. The molecule has 2 aliphatic rings. The summed E-state index contributed by atoms with van der Waals surface area (Å²) < 4.78 is 0. The number of hydrogen-bond donors (Lipinski definition) is 0. The molecule has 0 bridgehead atoms. The van der Waals surface area contributed by atoms with E-state index in [1.807, 2.05) is 11.0 Å². The largest absolute Gasteiger partial charge is 0.340 e. The van der Waals surface area contributed by atoms with Crippen LogP contribution >= 0.6 is 23.2 Å². The van der Waals surface area contributed by atoms with E-state index in [1.165, 1.54) is 18.9 Å². The number of benzene rings is 1. The number of amides is 2. The first-order chi connectivity index (χ1) is 14.8. The third-order valence-electron chi connectivity index (χ3n) is 6.16. The fourth-order valence-electron chi connectivity index (χ4n) is 4.13. The molecule has 3 rings (SSSR count). The van der Waals surface area contributed by atoms with Crippen LogP contribution in [0.5, 0.6) is 0 Å². The minimum absolute atomic E-state index is 0.0921. The second kappa shape index (κ2) is 11.3. The Morgan fingerprint density at radius 1 is 1.13 bits per heavy atom. The normalized spacial score (nSPS) is 21.2. The number of rotatable bonds is 6. The summed E-state index contributed by atoms with van der Waals surface area (Å²) in [4.78, 5) is 33.6. The van der Waals surface area contributed by atoms with Crippen LogP contribution < -0.4 is 0 Å². The molecular weight excluding hydrogens is 435 g/mol. The molecule has 0 radical (unpaired) electrons. The van der Waals surface area contributed by atoms with Gasteiger partial charge in [0.1, 0.15) is 0 Å². The van der Waals surface area contributed by atoms with Gasteiger partial charge in [0.25, 0.3) is 0 Å². The lowest BCUT2D eigenvalue weighted by Gasteiger charge is -2.37. The van der Waals surface area contributed by atoms with Crippen molar-refractivity contribution < 1.29 is 9.59 Å². The summed E-state index contributed by atoms with van der Waals surface area (Å²) in [6.45, 7) is 5.34. The molecule has 1 aromatic rings. The lowest BCUT2D eigenvalue weighted by Crippen LogP contribution is -2.48. The van der Waals surface area contributed by atoms with Crippen molar-refractivity contribution in [2.75, 3.05) is 59.9 Å². The van der Waals surface area contributed by atoms with Crippen LogP contribution in [0.25, 0.3) is 6.08 Å². The number of hydrogen-bond acceptors (Lipinski definition) is 4. The summed E-state index contributed by atoms with van der Waals surface area (Å²) in [5.74, 6) is 0.0375. The fraction of sp³-hybridized carbons (Fsp3) is 0.565. The van der Waals surface area contributed by atoms with E-state index in [4.69, 9.17) is 23.2 Å². The Morgan fingerprint density at radius 2 is 1.94 bits per heavy atom. The quantitative estimate of drug-likeness (QED) is 0.604. The van der Waals surface area contributed by atoms with Gasteiger partial charge in [-0.25, -0.2) is 0 Å². The van der Waals surface area contributed by atoms with E-state index in [1.54, 1.807) is 23.1 Å². The summed E-state index contributed by atoms with van der Waals surface area (Å²) >= 11 is 12.0. The van der Waals surface area contributed by atoms with E-state index < -0.39 is 0 Å². The van der Waals surface area contributed by atoms with Crippen LogP contribution in [0.2, 0.25) is 10.0 Å². The highest BCUT2D eigenvalue weighted by molar-refractivity contribution is 6.42. The Hall–Kier alpha value is -1.60. The number of carbonyl (C=O) groups is 2. The van der Waals surface area contributed by atoms with E-state index in [2.05, 4.69) is 23.9 Å². The van der Waals surface area contributed by atoms with E-state index in [9.17, 15) is 9.59 Å². The summed E-state index contributed by atoms with van der Waals surface area (Å²) in [6, 6.07) is 5.83. The van der Waals surface area contributed by atoms with Crippen molar-refractivity contribution in [3.05, 3.63) is 39.9 Å². The summed E-state index contributed by atoms with van der Waals surface area (Å²) in [5, 5.41) is 0.941. The standard InChI is InChI=1S/C23H32Cl2N4O2/c1-26(2)19-4-3-10-27(17-19)12-13-29-15-14-28(11-9-23(29)31)22(30)8-6-18-5-7-20(24)21(25)16-18/h5-8,16,19H,3-4,9-15,17H2,1-2H3/b8-6+. The van der Waals surface area contributed by atoms with E-state index in [0.29, 0.717) is 42.1 Å². The first kappa shape index (κ1) is 24.1. The zero-order valence-electron chi connectivity index (χ0n) is 18.4. The average Bonchev–Trinajstić information content (AvgIpc) is 2.94. The highest BCUT2D eigenvalue weighted by atomic mass is 35.5. The van der Waals surface area contributed by atoms with Gasteiger partial charge in [-0.1, -0.05) is 29.3 Å². The molecule has 1 aromatic carbocycles. The van der Waals surface area contributed by atoms with Gasteiger partial charge < -0.3 is 19.6 Å². The van der Waals surface area contributed by atoms with Crippen molar-refractivity contribution in [2.45, 2.75) is 25.3 Å². The van der Waals surface area contributed by atoms with Gasteiger partial charge in [0, 0.05) is 57.8 Å². The number of nitrogens with zero attached hydrogens (tertiary/aromatic N) is 4. The van der Waals surface area contributed by atoms with Gasteiger partial charge >= 0.3 is 0 Å². The van der Waals surface area contributed by atoms with Crippen LogP contribution in [0, 0.1) is 0 Å². The van der Waals surface area contributed by atoms with E-state index in [-0.39, 0.29) is 11.8 Å². The number of likely N-dealkylation sites (tertiary alicyclic amines) is 1. The van der Waals surface area contributed by atoms with E-state index in [0.717, 1.165) is 31.7 Å². The Morgan fingerprint density at radius 3 is 2.68 bits per heavy atom. The van der Waals surface area contributed by atoms with Gasteiger partial charge in [0.2, 0.25) is 11.8 Å². The number of piperidine rings is 1. The van der Waals surface area contributed by atoms with Crippen molar-refractivity contribution in [1.29, 1.82) is 0 Å². The Kier molecular flexibility index (Phi) is 8.78. The maximum absolute atomic E-state index is 12.6. The van der Waals surface area contributed by atoms with Crippen molar-refractivity contribution in [3.8, 4) is 0 Å². The van der Waals surface area contributed by atoms with Crippen LogP contribution in [0.1, 0.15) is 24.8 Å². The maximum atomic E-state index is 12.6. The third kappa shape index (κ3) is 6.94. The van der Waals surface area contributed by atoms with Crippen LogP contribution in [-0.4, -0.2) is 97.4 Å². The predicted octanol–water partition coefficient (Wildman–Crippen LogP) is 3.09. The molecule has 0 spiro atoms. The molecule has 2 amide bonds. The zero-order chi connectivity index (χ0) is 22.4. The molecule has 2 fully saturated rings. The maximum Gasteiger partial charge on any atom is 0.246 e. The average molecular weight is 467 g/mol. The molecule has 31 heavy (non-hydrogen) atoms. The fourth-order valence-corrected chi connectivity index (χ4v) is 4.44. The highest BCUT2D eigenvalue weighted by Gasteiger charge is 2.25. The Balaban J connectivity index is 1.50. The van der Waals surface area contributed by atoms with Crippen LogP contribution in [0.15, 0.2) is 24.3 Å². The van der Waals surface area contributed by atoms with Crippen LogP contribution in [-0.2, 0) is 9.59 Å². The number of likely N-dealkylation sites (N-methyl/N-ethyl adjacent to an activating group) is 1. The van der Waals surface area contributed by atoms with Gasteiger partial charge in [-0.2, -0.15) is 0 Å². The molecule has 0 N–H and O–H groups in total. The first-order valence-electron chi connectivity index (χ1n) is 10.9. The molecule has 1 unspecified atom stereocenters. The molecule has 0 aliphatic carbocycles. The lowest BCUT2D eigenvalue weighted by molar-refractivity contribution is -0.130. The molecule has 2 aliphatic heterocycles. The molecule has 1 atom stereocenters. The summed E-state index contributed by atoms with van der Waals surface area (Å²) in [6.07, 6.45) is 6.07. The summed E-state index contributed by atoms with van der Waals surface area (Å²) in [7, 11) is 4.27. The van der Waals surface area contributed by atoms with Crippen LogP contribution in [0.3, 0.4) is 0 Å². The topological polar surface area (TPSA) is 47.1 Å². The van der Waals surface area contributed by atoms with E-state index >= 15 is 0 Å². The molecule has 6 nitrogen and oxygen atoms in total. The third-order valence-corrected chi connectivity index (χ3v) is 6.90. The van der Waals surface area contributed by atoms with Gasteiger partial charge in [-0.3, -0.25) is 9.59 Å². The molecule has 2 heterocycles. The molecule has 170 valence electrons. The molecular formula is C23H32Cl2N4O2. The van der Waals surface area contributed by atoms with Gasteiger partial charge in [-0.05, 0) is 57.3 Å². The number of halogens is 2. The van der Waals surface area contributed by atoms with Crippen molar-refractivity contribution in [1.82, 2.24) is 19.6 Å². The molecule has 0 aromatic heterocycles.